The topological polar surface area (TPSA) is 141 Å². The first-order chi connectivity index (χ1) is 18.7. The number of hydrogen-bond acceptors (Lipinski definition) is 11. The van der Waals surface area contributed by atoms with Crippen LogP contribution in [0.4, 0.5) is 0 Å². The Morgan fingerprint density at radius 2 is 1.15 bits per heavy atom. The van der Waals surface area contributed by atoms with Crippen LogP contribution >= 0.6 is 0 Å². The van der Waals surface area contributed by atoms with Crippen molar-refractivity contribution in [3.8, 4) is 11.5 Å². The van der Waals surface area contributed by atoms with Crippen LogP contribution in [0.2, 0.25) is 0 Å². The van der Waals surface area contributed by atoms with Gasteiger partial charge in [-0.05, 0) is 48.2 Å². The summed E-state index contributed by atoms with van der Waals surface area (Å²) < 4.78 is 29.5. The molecular formula is C28H32O11. The van der Waals surface area contributed by atoms with Gasteiger partial charge in [-0.15, -0.1) is 0 Å². The van der Waals surface area contributed by atoms with Crippen molar-refractivity contribution in [2.45, 2.75) is 25.7 Å². The summed E-state index contributed by atoms with van der Waals surface area (Å²) in [5.74, 6) is -2.35. The number of carbonyl (C=O) groups is 5. The van der Waals surface area contributed by atoms with Gasteiger partial charge in [0.25, 0.3) is 0 Å². The van der Waals surface area contributed by atoms with E-state index in [0.717, 1.165) is 11.1 Å². The molecule has 2 aromatic carbocycles. The number of esters is 4. The highest BCUT2D eigenvalue weighted by atomic mass is 16.6. The zero-order chi connectivity index (χ0) is 28.6. The molecule has 0 aliphatic heterocycles. The van der Waals surface area contributed by atoms with Crippen molar-refractivity contribution in [3.05, 3.63) is 59.7 Å². The number of Topliss-reactive ketones (excluding diaryl/α,β-unsaturated/α-hetero) is 1. The molecule has 0 bridgehead atoms. The second kappa shape index (κ2) is 16.4. The molecule has 2 rings (SSSR count). The van der Waals surface area contributed by atoms with Crippen molar-refractivity contribution in [1.29, 1.82) is 0 Å². The number of rotatable bonds is 16. The minimum atomic E-state index is -0.761. The molecule has 0 N–H and O–H groups in total. The minimum Gasteiger partial charge on any atom is -0.482 e. The van der Waals surface area contributed by atoms with Crippen LogP contribution in [-0.2, 0) is 55.8 Å². The van der Waals surface area contributed by atoms with Crippen molar-refractivity contribution in [1.82, 2.24) is 0 Å². The van der Waals surface area contributed by atoms with Crippen LogP contribution in [0.3, 0.4) is 0 Å². The Labute approximate surface area is 226 Å². The molecule has 11 heteroatoms. The molecular weight excluding hydrogens is 512 g/mol. The number of methoxy groups -OCH3 is 3. The molecule has 0 saturated carbocycles. The van der Waals surface area contributed by atoms with Crippen LogP contribution in [0.15, 0.2) is 48.5 Å². The monoisotopic (exact) mass is 544 g/mol. The molecule has 0 radical (unpaired) electrons. The largest absolute Gasteiger partial charge is 0.482 e. The van der Waals surface area contributed by atoms with Crippen LogP contribution in [-0.4, -0.2) is 70.8 Å². The second-order valence-electron chi connectivity index (χ2n) is 8.35. The molecule has 0 amide bonds. The highest BCUT2D eigenvalue weighted by Crippen LogP contribution is 2.19. The maximum Gasteiger partial charge on any atom is 0.343 e. The van der Waals surface area contributed by atoms with Gasteiger partial charge < -0.3 is 28.4 Å². The molecule has 0 aromatic heterocycles. The summed E-state index contributed by atoms with van der Waals surface area (Å²) in [6, 6.07) is 13.5. The van der Waals surface area contributed by atoms with E-state index in [4.69, 9.17) is 18.9 Å². The normalized spacial score (nSPS) is 11.1. The van der Waals surface area contributed by atoms with E-state index in [1.54, 1.807) is 48.5 Å². The summed E-state index contributed by atoms with van der Waals surface area (Å²) in [4.78, 5) is 59.1. The fraction of sp³-hybridized carbons (Fsp3) is 0.393. The number of hydrogen-bond donors (Lipinski definition) is 0. The van der Waals surface area contributed by atoms with Crippen LogP contribution in [0.25, 0.3) is 0 Å². The van der Waals surface area contributed by atoms with Crippen LogP contribution in [0.1, 0.15) is 24.0 Å². The molecule has 210 valence electrons. The minimum absolute atomic E-state index is 0.0560. The lowest BCUT2D eigenvalue weighted by Gasteiger charge is -2.14. The van der Waals surface area contributed by atoms with E-state index in [-0.39, 0.29) is 32.5 Å². The third-order valence-corrected chi connectivity index (χ3v) is 5.52. The lowest BCUT2D eigenvalue weighted by Crippen LogP contribution is -2.25. The smallest absolute Gasteiger partial charge is 0.343 e. The van der Waals surface area contributed by atoms with Crippen molar-refractivity contribution < 1.29 is 52.4 Å². The Kier molecular flexibility index (Phi) is 13.0. The number of ketones is 1. The van der Waals surface area contributed by atoms with Crippen molar-refractivity contribution in [3.63, 3.8) is 0 Å². The summed E-state index contributed by atoms with van der Waals surface area (Å²) in [5, 5.41) is 0. The molecule has 11 nitrogen and oxygen atoms in total. The molecule has 2 aromatic rings. The maximum atomic E-state index is 12.4. The van der Waals surface area contributed by atoms with Gasteiger partial charge in [-0.25, -0.2) is 9.59 Å². The average Bonchev–Trinajstić information content (AvgIpc) is 2.96. The van der Waals surface area contributed by atoms with Crippen molar-refractivity contribution in [2.24, 2.45) is 5.92 Å². The molecule has 0 fully saturated rings. The van der Waals surface area contributed by atoms with E-state index in [1.807, 2.05) is 0 Å². The van der Waals surface area contributed by atoms with Gasteiger partial charge in [-0.2, -0.15) is 0 Å². The predicted octanol–water partition coefficient (Wildman–Crippen LogP) is 2.26. The standard InChI is InChI=1S/C28H32O11/c1-34-26(31)17-37-23-9-4-19(5-10-23)8-13-25(30)39-16-22(29)15-21(28(33)36-3)14-20-6-11-24(12-7-20)38-18-27(32)35-2/h4-7,9-12,21H,8,13-18H2,1-3H3. The van der Waals surface area contributed by atoms with Gasteiger partial charge in [0.05, 0.1) is 27.2 Å². The Morgan fingerprint density at radius 1 is 0.641 bits per heavy atom. The van der Waals surface area contributed by atoms with Crippen LogP contribution < -0.4 is 9.47 Å². The quantitative estimate of drug-likeness (QED) is 0.227. The zero-order valence-electron chi connectivity index (χ0n) is 22.1. The summed E-state index contributed by atoms with van der Waals surface area (Å²) in [6.45, 7) is -0.882. The van der Waals surface area contributed by atoms with Crippen LogP contribution in [0, 0.1) is 5.92 Å². The highest BCUT2D eigenvalue weighted by molar-refractivity contribution is 5.86. The SMILES string of the molecule is COC(=O)COc1ccc(CCC(=O)OCC(=O)CC(Cc2ccc(OCC(=O)OC)cc2)C(=O)OC)cc1. The first-order valence-electron chi connectivity index (χ1n) is 12.1. The van der Waals surface area contributed by atoms with Crippen molar-refractivity contribution >= 4 is 29.7 Å². The Morgan fingerprint density at radius 3 is 1.64 bits per heavy atom. The van der Waals surface area contributed by atoms with E-state index in [0.29, 0.717) is 17.9 Å². The fourth-order valence-electron chi connectivity index (χ4n) is 3.38. The van der Waals surface area contributed by atoms with Gasteiger partial charge in [0.2, 0.25) is 0 Å². The lowest BCUT2D eigenvalue weighted by molar-refractivity contribution is -0.150. The van der Waals surface area contributed by atoms with Gasteiger partial charge in [0.1, 0.15) is 18.1 Å². The molecule has 0 heterocycles. The molecule has 1 atom stereocenters. The van der Waals surface area contributed by atoms with Gasteiger partial charge in [0.15, 0.2) is 19.0 Å². The van der Waals surface area contributed by atoms with E-state index in [9.17, 15) is 24.0 Å². The summed E-state index contributed by atoms with van der Waals surface area (Å²) >= 11 is 0. The zero-order valence-corrected chi connectivity index (χ0v) is 22.1. The van der Waals surface area contributed by atoms with Gasteiger partial charge in [0, 0.05) is 12.8 Å². The summed E-state index contributed by atoms with van der Waals surface area (Å²) in [6.07, 6.45) is 0.505. The maximum absolute atomic E-state index is 12.4. The summed E-state index contributed by atoms with van der Waals surface area (Å²) in [5.41, 5.74) is 1.60. The van der Waals surface area contributed by atoms with E-state index in [2.05, 4.69) is 9.47 Å². The van der Waals surface area contributed by atoms with E-state index >= 15 is 0 Å². The number of carbonyl (C=O) groups excluding carboxylic acids is 5. The first kappa shape index (κ1) is 30.8. The molecule has 0 saturated heterocycles. The van der Waals surface area contributed by atoms with Gasteiger partial charge >= 0.3 is 23.9 Å². The molecule has 0 aliphatic rings. The number of benzene rings is 2. The van der Waals surface area contributed by atoms with Gasteiger partial charge in [-0.3, -0.25) is 14.4 Å². The third-order valence-electron chi connectivity index (χ3n) is 5.52. The molecule has 1 unspecified atom stereocenters. The highest BCUT2D eigenvalue weighted by Gasteiger charge is 2.24. The first-order valence-corrected chi connectivity index (χ1v) is 12.1. The Balaban J connectivity index is 1.78. The lowest BCUT2D eigenvalue weighted by atomic mass is 9.94. The molecule has 39 heavy (non-hydrogen) atoms. The molecule has 0 spiro atoms. The average molecular weight is 545 g/mol. The Hall–Kier alpha value is -4.41. The predicted molar refractivity (Wildman–Crippen MR) is 136 cm³/mol. The molecule has 0 aliphatic carbocycles. The summed E-state index contributed by atoms with van der Waals surface area (Å²) in [7, 11) is 3.77. The van der Waals surface area contributed by atoms with Crippen LogP contribution in [0.5, 0.6) is 11.5 Å². The second-order valence-corrected chi connectivity index (χ2v) is 8.35. The van der Waals surface area contributed by atoms with Crippen molar-refractivity contribution in [2.75, 3.05) is 41.2 Å². The number of ether oxygens (including phenoxy) is 6. The number of aryl methyl sites for hydroxylation is 1. The van der Waals surface area contributed by atoms with Gasteiger partial charge in [-0.1, -0.05) is 24.3 Å². The fourth-order valence-corrected chi connectivity index (χ4v) is 3.38. The Bertz CT molecular complexity index is 1110. The van der Waals surface area contributed by atoms with E-state index in [1.165, 1.54) is 21.3 Å². The van der Waals surface area contributed by atoms with E-state index < -0.39 is 42.2 Å². The third kappa shape index (κ3) is 11.7.